The number of carboxylic acid groups (broad SMARTS) is 1. The van der Waals surface area contributed by atoms with Gasteiger partial charge in [-0.3, -0.25) is 4.68 Å². The Kier molecular flexibility index (Phi) is 3.65. The quantitative estimate of drug-likeness (QED) is 0.925. The zero-order chi connectivity index (χ0) is 14.9. The molecule has 6 nitrogen and oxygen atoms in total. The normalized spacial score (nSPS) is 10.4. The number of nitrogens with zero attached hydrogens (tertiary/aromatic N) is 2. The van der Waals surface area contributed by atoms with Crippen LogP contribution < -0.4 is 9.47 Å². The molecule has 0 saturated heterocycles. The highest BCUT2D eigenvalue weighted by molar-refractivity contribution is 5.96. The molecule has 1 aromatic heterocycles. The Morgan fingerprint density at radius 3 is 2.25 bits per heavy atom. The van der Waals surface area contributed by atoms with E-state index >= 15 is 0 Å². The minimum Gasteiger partial charge on any atom is -0.496 e. The summed E-state index contributed by atoms with van der Waals surface area (Å²) in [5, 5.41) is 13.2. The Morgan fingerprint density at radius 2 is 1.80 bits per heavy atom. The molecule has 2 rings (SSSR count). The zero-order valence-corrected chi connectivity index (χ0v) is 11.8. The second-order valence-corrected chi connectivity index (χ2v) is 4.41. The van der Waals surface area contributed by atoms with Gasteiger partial charge < -0.3 is 14.6 Å². The van der Waals surface area contributed by atoms with Crippen LogP contribution in [0.25, 0.3) is 11.1 Å². The first kappa shape index (κ1) is 13.9. The van der Waals surface area contributed by atoms with E-state index in [1.54, 1.807) is 13.2 Å². The van der Waals surface area contributed by atoms with Crippen molar-refractivity contribution in [3.05, 3.63) is 29.6 Å². The van der Waals surface area contributed by atoms with Crippen LogP contribution in [0.2, 0.25) is 0 Å². The summed E-state index contributed by atoms with van der Waals surface area (Å²) in [4.78, 5) is 11.3. The smallest absolute Gasteiger partial charge is 0.357 e. The number of rotatable bonds is 4. The van der Waals surface area contributed by atoms with Gasteiger partial charge in [-0.25, -0.2) is 4.79 Å². The molecule has 0 aliphatic carbocycles. The molecule has 0 saturated carbocycles. The topological polar surface area (TPSA) is 73.6 Å². The van der Waals surface area contributed by atoms with Crippen LogP contribution in [0.4, 0.5) is 0 Å². The lowest BCUT2D eigenvalue weighted by Gasteiger charge is -2.13. The number of aryl methyl sites for hydroxylation is 2. The first-order valence-corrected chi connectivity index (χ1v) is 5.97. The summed E-state index contributed by atoms with van der Waals surface area (Å²) >= 11 is 0. The Bertz CT molecular complexity index is 636. The molecule has 0 aliphatic rings. The highest BCUT2D eigenvalue weighted by Crippen LogP contribution is 2.40. The molecule has 0 amide bonds. The molecule has 0 bridgehead atoms. The van der Waals surface area contributed by atoms with Crippen LogP contribution in [0, 0.1) is 6.92 Å². The zero-order valence-electron chi connectivity index (χ0n) is 11.8. The van der Waals surface area contributed by atoms with Crippen LogP contribution in [-0.4, -0.2) is 35.1 Å². The second-order valence-electron chi connectivity index (χ2n) is 4.41. The average molecular weight is 276 g/mol. The van der Waals surface area contributed by atoms with Crippen molar-refractivity contribution in [2.24, 2.45) is 7.05 Å². The standard InChI is InChI=1S/C14H16N2O4/c1-8-5-10(19-3)12(11(6-8)20-4)9-7-16(2)15-13(9)14(17)18/h5-7H,1-4H3,(H,17,18). The number of carboxylic acids is 1. The molecule has 0 unspecified atom stereocenters. The first-order chi connectivity index (χ1) is 9.47. The van der Waals surface area contributed by atoms with Gasteiger partial charge in [-0.2, -0.15) is 5.10 Å². The van der Waals surface area contributed by atoms with Gasteiger partial charge in [0.05, 0.1) is 19.8 Å². The van der Waals surface area contributed by atoms with Crippen molar-refractivity contribution in [1.29, 1.82) is 0 Å². The van der Waals surface area contributed by atoms with E-state index in [2.05, 4.69) is 5.10 Å². The first-order valence-electron chi connectivity index (χ1n) is 5.97. The molecule has 0 radical (unpaired) electrons. The van der Waals surface area contributed by atoms with E-state index in [-0.39, 0.29) is 5.69 Å². The number of methoxy groups -OCH3 is 2. The summed E-state index contributed by atoms with van der Waals surface area (Å²) in [7, 11) is 4.74. The summed E-state index contributed by atoms with van der Waals surface area (Å²) in [6, 6.07) is 3.66. The summed E-state index contributed by atoms with van der Waals surface area (Å²) in [5.41, 5.74) is 1.98. The second kappa shape index (κ2) is 5.24. The van der Waals surface area contributed by atoms with Crippen LogP contribution in [0.1, 0.15) is 16.1 Å². The number of ether oxygens (including phenoxy) is 2. The van der Waals surface area contributed by atoms with Crippen molar-refractivity contribution in [2.75, 3.05) is 14.2 Å². The average Bonchev–Trinajstić information content (AvgIpc) is 2.79. The van der Waals surface area contributed by atoms with E-state index in [9.17, 15) is 9.90 Å². The Hall–Kier alpha value is -2.50. The maximum absolute atomic E-state index is 11.3. The van der Waals surface area contributed by atoms with E-state index in [1.807, 2.05) is 19.1 Å². The van der Waals surface area contributed by atoms with Gasteiger partial charge in [0.2, 0.25) is 0 Å². The molecule has 6 heteroatoms. The van der Waals surface area contributed by atoms with E-state index in [0.717, 1.165) is 5.56 Å². The van der Waals surface area contributed by atoms with Gasteiger partial charge in [-0.05, 0) is 24.6 Å². The molecule has 1 N–H and O–H groups in total. The van der Waals surface area contributed by atoms with Crippen molar-refractivity contribution < 1.29 is 19.4 Å². The number of hydrogen-bond donors (Lipinski definition) is 1. The fourth-order valence-electron chi connectivity index (χ4n) is 2.14. The summed E-state index contributed by atoms with van der Waals surface area (Å²) < 4.78 is 12.2. The van der Waals surface area contributed by atoms with Crippen molar-refractivity contribution in [3.63, 3.8) is 0 Å². The van der Waals surface area contributed by atoms with Gasteiger partial charge in [0.25, 0.3) is 0 Å². The minimum absolute atomic E-state index is 0.0343. The number of aromatic carboxylic acids is 1. The summed E-state index contributed by atoms with van der Waals surface area (Å²) in [5.74, 6) is 0.0139. The maximum atomic E-state index is 11.3. The van der Waals surface area contributed by atoms with Crippen LogP contribution in [-0.2, 0) is 7.05 Å². The van der Waals surface area contributed by atoms with Crippen molar-refractivity contribution in [3.8, 4) is 22.6 Å². The van der Waals surface area contributed by atoms with Gasteiger partial charge >= 0.3 is 5.97 Å². The highest BCUT2D eigenvalue weighted by atomic mass is 16.5. The molecule has 0 fully saturated rings. The van der Waals surface area contributed by atoms with E-state index in [1.165, 1.54) is 18.9 Å². The molecule has 0 aliphatic heterocycles. The van der Waals surface area contributed by atoms with Gasteiger partial charge in [0.1, 0.15) is 11.5 Å². The van der Waals surface area contributed by atoms with Gasteiger partial charge in [-0.15, -0.1) is 0 Å². The van der Waals surface area contributed by atoms with Gasteiger partial charge in [-0.1, -0.05) is 0 Å². The monoisotopic (exact) mass is 276 g/mol. The molecular weight excluding hydrogens is 260 g/mol. The molecule has 1 heterocycles. The Labute approximate surface area is 116 Å². The lowest BCUT2D eigenvalue weighted by molar-refractivity contribution is 0.0690. The number of benzene rings is 1. The maximum Gasteiger partial charge on any atom is 0.357 e. The van der Waals surface area contributed by atoms with E-state index < -0.39 is 5.97 Å². The predicted molar refractivity (Wildman–Crippen MR) is 73.4 cm³/mol. The molecule has 2 aromatic rings. The fraction of sp³-hybridized carbons (Fsp3) is 0.286. The molecule has 0 spiro atoms. The predicted octanol–water partition coefficient (Wildman–Crippen LogP) is 2.11. The number of hydrogen-bond acceptors (Lipinski definition) is 4. The summed E-state index contributed by atoms with van der Waals surface area (Å²) in [6.45, 7) is 1.91. The van der Waals surface area contributed by atoms with Gasteiger partial charge in [0, 0.05) is 18.8 Å². The van der Waals surface area contributed by atoms with Crippen LogP contribution in [0.15, 0.2) is 18.3 Å². The highest BCUT2D eigenvalue weighted by Gasteiger charge is 2.23. The lowest BCUT2D eigenvalue weighted by Crippen LogP contribution is -2.02. The third-order valence-electron chi connectivity index (χ3n) is 2.95. The molecule has 106 valence electrons. The van der Waals surface area contributed by atoms with Crippen molar-refractivity contribution in [2.45, 2.75) is 6.92 Å². The molecular formula is C14H16N2O4. The minimum atomic E-state index is -1.09. The van der Waals surface area contributed by atoms with Gasteiger partial charge in [0.15, 0.2) is 5.69 Å². The molecule has 1 aromatic carbocycles. The lowest BCUT2D eigenvalue weighted by atomic mass is 10.0. The van der Waals surface area contributed by atoms with Crippen LogP contribution in [0.5, 0.6) is 11.5 Å². The molecule has 20 heavy (non-hydrogen) atoms. The third-order valence-corrected chi connectivity index (χ3v) is 2.95. The third kappa shape index (κ3) is 2.32. The van der Waals surface area contributed by atoms with Crippen LogP contribution >= 0.6 is 0 Å². The van der Waals surface area contributed by atoms with E-state index in [0.29, 0.717) is 22.6 Å². The number of aromatic nitrogens is 2. The fourth-order valence-corrected chi connectivity index (χ4v) is 2.14. The summed E-state index contributed by atoms with van der Waals surface area (Å²) in [6.07, 6.45) is 1.64. The SMILES string of the molecule is COc1cc(C)cc(OC)c1-c1cn(C)nc1C(=O)O. The molecule has 0 atom stereocenters. The van der Waals surface area contributed by atoms with Crippen LogP contribution in [0.3, 0.4) is 0 Å². The number of carbonyl (C=O) groups is 1. The van der Waals surface area contributed by atoms with Crippen molar-refractivity contribution >= 4 is 5.97 Å². The Balaban J connectivity index is 2.77. The Morgan fingerprint density at radius 1 is 1.25 bits per heavy atom. The van der Waals surface area contributed by atoms with Crippen molar-refractivity contribution in [1.82, 2.24) is 9.78 Å². The van der Waals surface area contributed by atoms with E-state index in [4.69, 9.17) is 9.47 Å². The largest absolute Gasteiger partial charge is 0.496 e.